The standard InChI is InChI=1S/C22H26FN5O/c1-29-21-10-8-19(9-11-21)27-15-13-26(14-16-27)12-2-3-22-25-24-17-28(22)20-6-4-18(23)5-7-20/h4-11,17H,2-3,12-16H2,1H3. The second kappa shape index (κ2) is 9.05. The van der Waals surface area contributed by atoms with Crippen LogP contribution in [-0.4, -0.2) is 59.5 Å². The number of rotatable bonds is 7. The van der Waals surface area contributed by atoms with E-state index in [1.165, 1.54) is 17.8 Å². The molecule has 0 saturated carbocycles. The van der Waals surface area contributed by atoms with Gasteiger partial charge in [0.25, 0.3) is 0 Å². The van der Waals surface area contributed by atoms with Gasteiger partial charge in [0.2, 0.25) is 0 Å². The lowest BCUT2D eigenvalue weighted by Gasteiger charge is -2.36. The van der Waals surface area contributed by atoms with Gasteiger partial charge in [0.1, 0.15) is 23.7 Å². The maximum Gasteiger partial charge on any atom is 0.137 e. The molecule has 7 heteroatoms. The van der Waals surface area contributed by atoms with Crippen LogP contribution >= 0.6 is 0 Å². The van der Waals surface area contributed by atoms with E-state index in [2.05, 4.69) is 32.1 Å². The van der Waals surface area contributed by atoms with E-state index in [0.29, 0.717) is 0 Å². The highest BCUT2D eigenvalue weighted by Crippen LogP contribution is 2.20. The van der Waals surface area contributed by atoms with E-state index >= 15 is 0 Å². The summed E-state index contributed by atoms with van der Waals surface area (Å²) in [6.07, 6.45) is 3.55. The average Bonchev–Trinajstić information content (AvgIpc) is 3.23. The summed E-state index contributed by atoms with van der Waals surface area (Å²) in [5.41, 5.74) is 2.14. The zero-order chi connectivity index (χ0) is 20.1. The number of aryl methyl sites for hydroxylation is 1. The molecule has 0 amide bonds. The number of hydrogen-bond donors (Lipinski definition) is 0. The molecule has 152 valence electrons. The van der Waals surface area contributed by atoms with Crippen molar-refractivity contribution in [1.82, 2.24) is 19.7 Å². The van der Waals surface area contributed by atoms with Crippen molar-refractivity contribution in [2.45, 2.75) is 12.8 Å². The van der Waals surface area contributed by atoms with Gasteiger partial charge in [0.15, 0.2) is 0 Å². The van der Waals surface area contributed by atoms with Crippen molar-refractivity contribution in [2.75, 3.05) is 44.7 Å². The Bertz CT molecular complexity index is 902. The van der Waals surface area contributed by atoms with Gasteiger partial charge in [-0.3, -0.25) is 9.47 Å². The highest BCUT2D eigenvalue weighted by molar-refractivity contribution is 5.49. The van der Waals surface area contributed by atoms with Crippen molar-refractivity contribution in [3.63, 3.8) is 0 Å². The van der Waals surface area contributed by atoms with E-state index < -0.39 is 0 Å². The summed E-state index contributed by atoms with van der Waals surface area (Å²) in [5.74, 6) is 1.56. The van der Waals surface area contributed by atoms with Crippen LogP contribution in [-0.2, 0) is 6.42 Å². The number of nitrogens with zero attached hydrogens (tertiary/aromatic N) is 5. The molecule has 0 atom stereocenters. The molecule has 1 fully saturated rings. The molecular formula is C22H26FN5O. The van der Waals surface area contributed by atoms with Crippen molar-refractivity contribution in [1.29, 1.82) is 0 Å². The van der Waals surface area contributed by atoms with Crippen LogP contribution in [0, 0.1) is 5.82 Å². The normalized spacial score (nSPS) is 14.9. The molecule has 2 heterocycles. The third kappa shape index (κ3) is 4.74. The van der Waals surface area contributed by atoms with Gasteiger partial charge in [-0.2, -0.15) is 0 Å². The summed E-state index contributed by atoms with van der Waals surface area (Å²) in [5, 5.41) is 8.28. The van der Waals surface area contributed by atoms with Crippen LogP contribution < -0.4 is 9.64 Å². The molecule has 0 spiro atoms. The van der Waals surface area contributed by atoms with Crippen LogP contribution in [0.1, 0.15) is 12.2 Å². The quantitative estimate of drug-likeness (QED) is 0.615. The molecule has 0 N–H and O–H groups in total. The fourth-order valence-electron chi connectivity index (χ4n) is 3.73. The van der Waals surface area contributed by atoms with E-state index in [1.54, 1.807) is 25.6 Å². The number of halogens is 1. The Morgan fingerprint density at radius 2 is 1.62 bits per heavy atom. The molecule has 1 saturated heterocycles. The summed E-state index contributed by atoms with van der Waals surface area (Å²) in [7, 11) is 1.69. The van der Waals surface area contributed by atoms with Crippen LogP contribution in [0.25, 0.3) is 5.69 Å². The van der Waals surface area contributed by atoms with E-state index in [9.17, 15) is 4.39 Å². The maximum atomic E-state index is 13.2. The Hall–Kier alpha value is -2.93. The van der Waals surface area contributed by atoms with E-state index in [-0.39, 0.29) is 5.82 Å². The number of methoxy groups -OCH3 is 1. The third-order valence-electron chi connectivity index (χ3n) is 5.41. The number of anilines is 1. The van der Waals surface area contributed by atoms with E-state index in [0.717, 1.165) is 62.8 Å². The average molecular weight is 395 g/mol. The summed E-state index contributed by atoms with van der Waals surface area (Å²) >= 11 is 0. The zero-order valence-electron chi connectivity index (χ0n) is 16.7. The molecule has 1 aliphatic heterocycles. The Morgan fingerprint density at radius 1 is 0.931 bits per heavy atom. The Kier molecular flexibility index (Phi) is 6.05. The van der Waals surface area contributed by atoms with E-state index in [4.69, 9.17) is 4.74 Å². The number of benzene rings is 2. The molecular weight excluding hydrogens is 369 g/mol. The molecule has 0 unspecified atom stereocenters. The lowest BCUT2D eigenvalue weighted by Crippen LogP contribution is -2.46. The number of piperazine rings is 1. The highest BCUT2D eigenvalue weighted by Gasteiger charge is 2.17. The minimum Gasteiger partial charge on any atom is -0.497 e. The van der Waals surface area contributed by atoms with Crippen molar-refractivity contribution < 1.29 is 9.13 Å². The molecule has 0 bridgehead atoms. The first-order valence-electron chi connectivity index (χ1n) is 9.99. The van der Waals surface area contributed by atoms with Gasteiger partial charge in [-0.1, -0.05) is 0 Å². The molecule has 3 aromatic rings. The summed E-state index contributed by atoms with van der Waals surface area (Å²) < 4.78 is 20.3. The number of aromatic nitrogens is 3. The van der Waals surface area contributed by atoms with Gasteiger partial charge < -0.3 is 9.64 Å². The zero-order valence-corrected chi connectivity index (χ0v) is 16.7. The Labute approximate surface area is 170 Å². The van der Waals surface area contributed by atoms with E-state index in [1.807, 2.05) is 16.7 Å². The van der Waals surface area contributed by atoms with Crippen LogP contribution in [0.3, 0.4) is 0 Å². The van der Waals surface area contributed by atoms with Crippen LogP contribution in [0.15, 0.2) is 54.9 Å². The SMILES string of the molecule is COc1ccc(N2CCN(CCCc3nncn3-c3ccc(F)cc3)CC2)cc1. The van der Waals surface area contributed by atoms with Crippen molar-refractivity contribution in [3.05, 3.63) is 66.5 Å². The topological polar surface area (TPSA) is 46.4 Å². The lowest BCUT2D eigenvalue weighted by molar-refractivity contribution is 0.254. The second-order valence-corrected chi connectivity index (χ2v) is 7.22. The molecule has 0 radical (unpaired) electrons. The molecule has 2 aromatic carbocycles. The monoisotopic (exact) mass is 395 g/mol. The van der Waals surface area contributed by atoms with Gasteiger partial charge >= 0.3 is 0 Å². The molecule has 4 rings (SSSR count). The largest absolute Gasteiger partial charge is 0.497 e. The number of ether oxygens (including phenoxy) is 1. The van der Waals surface area contributed by atoms with Crippen LogP contribution in [0.5, 0.6) is 5.75 Å². The molecule has 1 aromatic heterocycles. The van der Waals surface area contributed by atoms with Crippen molar-refractivity contribution >= 4 is 5.69 Å². The van der Waals surface area contributed by atoms with Gasteiger partial charge in [-0.15, -0.1) is 10.2 Å². The van der Waals surface area contributed by atoms with Crippen LogP contribution in [0.4, 0.5) is 10.1 Å². The Morgan fingerprint density at radius 3 is 2.31 bits per heavy atom. The van der Waals surface area contributed by atoms with Gasteiger partial charge in [-0.05, 0) is 61.5 Å². The second-order valence-electron chi connectivity index (χ2n) is 7.22. The first kappa shape index (κ1) is 19.4. The van der Waals surface area contributed by atoms with Crippen molar-refractivity contribution in [2.24, 2.45) is 0 Å². The molecule has 6 nitrogen and oxygen atoms in total. The number of hydrogen-bond acceptors (Lipinski definition) is 5. The van der Waals surface area contributed by atoms with Gasteiger partial charge in [0.05, 0.1) is 7.11 Å². The highest BCUT2D eigenvalue weighted by atomic mass is 19.1. The smallest absolute Gasteiger partial charge is 0.137 e. The summed E-state index contributed by atoms with van der Waals surface area (Å²) in [4.78, 5) is 4.92. The molecule has 29 heavy (non-hydrogen) atoms. The summed E-state index contributed by atoms with van der Waals surface area (Å²) in [6.45, 7) is 5.19. The van der Waals surface area contributed by atoms with Gasteiger partial charge in [-0.25, -0.2) is 4.39 Å². The van der Waals surface area contributed by atoms with Crippen molar-refractivity contribution in [3.8, 4) is 11.4 Å². The first-order chi connectivity index (χ1) is 14.2. The fraction of sp³-hybridized carbons (Fsp3) is 0.364. The Balaban J connectivity index is 1.25. The lowest BCUT2D eigenvalue weighted by atomic mass is 10.2. The summed E-state index contributed by atoms with van der Waals surface area (Å²) in [6, 6.07) is 14.7. The fourth-order valence-corrected chi connectivity index (χ4v) is 3.73. The van der Waals surface area contributed by atoms with Crippen LogP contribution in [0.2, 0.25) is 0 Å². The predicted molar refractivity (Wildman–Crippen MR) is 111 cm³/mol. The minimum absolute atomic E-state index is 0.239. The predicted octanol–water partition coefficient (Wildman–Crippen LogP) is 3.17. The third-order valence-corrected chi connectivity index (χ3v) is 5.41. The molecule has 1 aliphatic rings. The molecule has 0 aliphatic carbocycles. The van der Waals surface area contributed by atoms with Gasteiger partial charge in [0, 0.05) is 44.0 Å². The minimum atomic E-state index is -0.239. The maximum absolute atomic E-state index is 13.2. The first-order valence-corrected chi connectivity index (χ1v) is 9.99.